The number of ether oxygens (including phenoxy) is 1. The summed E-state index contributed by atoms with van der Waals surface area (Å²) in [7, 11) is 1.61. The van der Waals surface area contributed by atoms with E-state index in [1.54, 1.807) is 7.11 Å². The third kappa shape index (κ3) is 3.78. The number of nitrogens with zero attached hydrogens (tertiary/aromatic N) is 2. The van der Waals surface area contributed by atoms with Crippen LogP contribution in [0.1, 0.15) is 15.4 Å². The van der Waals surface area contributed by atoms with Crippen LogP contribution in [0.4, 0.5) is 5.13 Å². The number of benzene rings is 1. The normalized spacial score (nSPS) is 10.7. The Labute approximate surface area is 168 Å². The van der Waals surface area contributed by atoms with Crippen molar-refractivity contribution in [1.29, 1.82) is 0 Å². The van der Waals surface area contributed by atoms with Crippen LogP contribution in [0.3, 0.4) is 0 Å². The second kappa shape index (κ2) is 7.80. The fourth-order valence-electron chi connectivity index (χ4n) is 2.22. The summed E-state index contributed by atoms with van der Waals surface area (Å²) in [5.74, 6) is 0.249. The number of carbonyl (C=O) groups is 1. The molecule has 0 aliphatic rings. The topological polar surface area (TPSA) is 64.1 Å². The van der Waals surface area contributed by atoms with E-state index in [1.165, 1.54) is 17.5 Å². The van der Waals surface area contributed by atoms with Crippen LogP contribution in [-0.2, 0) is 0 Å². The van der Waals surface area contributed by atoms with Crippen molar-refractivity contribution in [3.05, 3.63) is 56.1 Å². The highest BCUT2D eigenvalue weighted by atomic mass is 35.5. The Hall–Kier alpha value is -1.86. The predicted molar refractivity (Wildman–Crippen MR) is 106 cm³/mol. The molecular weight excluding hydrogens is 417 g/mol. The summed E-state index contributed by atoms with van der Waals surface area (Å²) in [5, 5.41) is 3.39. The summed E-state index contributed by atoms with van der Waals surface area (Å²) in [4.78, 5) is 21.8. The van der Waals surface area contributed by atoms with Crippen molar-refractivity contribution >= 4 is 57.2 Å². The first-order valence-corrected chi connectivity index (χ1v) is 9.28. The molecule has 1 aromatic carbocycles. The molecule has 0 unspecified atom stereocenters. The van der Waals surface area contributed by atoms with Crippen LogP contribution < -0.4 is 10.1 Å². The SMILES string of the molecule is COc1ccc(-c2nc(NC(=O)c3ncc(Cl)c(Cl)c3Cl)sc2C)cc1. The molecule has 0 radical (unpaired) electrons. The van der Waals surface area contributed by atoms with Crippen LogP contribution in [-0.4, -0.2) is 23.0 Å². The highest BCUT2D eigenvalue weighted by Crippen LogP contribution is 2.33. The van der Waals surface area contributed by atoms with E-state index in [-0.39, 0.29) is 20.8 Å². The summed E-state index contributed by atoms with van der Waals surface area (Å²) >= 11 is 19.2. The minimum absolute atomic E-state index is 0.000299. The van der Waals surface area contributed by atoms with Gasteiger partial charge in [-0.1, -0.05) is 34.8 Å². The summed E-state index contributed by atoms with van der Waals surface area (Å²) in [6.07, 6.45) is 1.28. The van der Waals surface area contributed by atoms with Gasteiger partial charge in [-0.3, -0.25) is 10.1 Å². The Balaban J connectivity index is 1.85. The molecule has 2 heterocycles. The van der Waals surface area contributed by atoms with Gasteiger partial charge in [0, 0.05) is 16.6 Å². The number of carbonyl (C=O) groups excluding carboxylic acids is 1. The van der Waals surface area contributed by atoms with Gasteiger partial charge in [-0.25, -0.2) is 9.97 Å². The number of hydrogen-bond donors (Lipinski definition) is 1. The molecule has 0 fully saturated rings. The predicted octanol–water partition coefficient (Wildman–Crippen LogP) is 5.73. The number of rotatable bonds is 4. The van der Waals surface area contributed by atoms with Crippen LogP contribution in [0.15, 0.2) is 30.5 Å². The molecular formula is C17H12Cl3N3O2S. The van der Waals surface area contributed by atoms with E-state index in [4.69, 9.17) is 39.5 Å². The van der Waals surface area contributed by atoms with Crippen molar-refractivity contribution < 1.29 is 9.53 Å². The molecule has 134 valence electrons. The van der Waals surface area contributed by atoms with Crippen molar-refractivity contribution in [2.24, 2.45) is 0 Å². The van der Waals surface area contributed by atoms with Gasteiger partial charge in [-0.05, 0) is 31.2 Å². The maximum atomic E-state index is 12.4. The second-order valence-electron chi connectivity index (χ2n) is 5.19. The molecule has 26 heavy (non-hydrogen) atoms. The molecule has 0 saturated heterocycles. The molecule has 0 atom stereocenters. The zero-order valence-corrected chi connectivity index (χ0v) is 16.7. The maximum absolute atomic E-state index is 12.4. The van der Waals surface area contributed by atoms with Crippen LogP contribution in [0.2, 0.25) is 15.1 Å². The van der Waals surface area contributed by atoms with Gasteiger partial charge < -0.3 is 4.74 Å². The van der Waals surface area contributed by atoms with Crippen LogP contribution in [0.25, 0.3) is 11.3 Å². The Morgan fingerprint density at radius 1 is 1.15 bits per heavy atom. The number of anilines is 1. The van der Waals surface area contributed by atoms with Crippen molar-refractivity contribution in [3.63, 3.8) is 0 Å². The highest BCUT2D eigenvalue weighted by molar-refractivity contribution is 7.16. The zero-order valence-electron chi connectivity index (χ0n) is 13.6. The van der Waals surface area contributed by atoms with Gasteiger partial charge in [0.1, 0.15) is 11.4 Å². The molecule has 0 spiro atoms. The number of hydrogen-bond acceptors (Lipinski definition) is 5. The van der Waals surface area contributed by atoms with E-state index >= 15 is 0 Å². The molecule has 1 amide bonds. The van der Waals surface area contributed by atoms with Gasteiger partial charge in [-0.2, -0.15) is 0 Å². The van der Waals surface area contributed by atoms with Gasteiger partial charge in [0.15, 0.2) is 5.13 Å². The lowest BCUT2D eigenvalue weighted by molar-refractivity contribution is 0.102. The van der Waals surface area contributed by atoms with Gasteiger partial charge in [-0.15, -0.1) is 11.3 Å². The first kappa shape index (κ1) is 18.9. The Kier molecular flexibility index (Phi) is 5.67. The van der Waals surface area contributed by atoms with Crippen LogP contribution >= 0.6 is 46.1 Å². The highest BCUT2D eigenvalue weighted by Gasteiger charge is 2.19. The number of aromatic nitrogens is 2. The lowest BCUT2D eigenvalue weighted by Crippen LogP contribution is -2.14. The first-order valence-electron chi connectivity index (χ1n) is 7.33. The minimum atomic E-state index is -0.511. The Bertz CT molecular complexity index is 974. The molecule has 2 aromatic heterocycles. The van der Waals surface area contributed by atoms with Crippen molar-refractivity contribution in [3.8, 4) is 17.0 Å². The molecule has 0 aliphatic heterocycles. The van der Waals surface area contributed by atoms with Crippen LogP contribution in [0, 0.1) is 6.92 Å². The molecule has 0 saturated carbocycles. The van der Waals surface area contributed by atoms with Gasteiger partial charge in [0.05, 0.1) is 27.9 Å². The number of pyridine rings is 1. The van der Waals surface area contributed by atoms with E-state index in [0.29, 0.717) is 5.13 Å². The largest absolute Gasteiger partial charge is 0.497 e. The number of aryl methyl sites for hydroxylation is 1. The van der Waals surface area contributed by atoms with E-state index < -0.39 is 5.91 Å². The molecule has 9 heteroatoms. The lowest BCUT2D eigenvalue weighted by atomic mass is 10.1. The molecule has 5 nitrogen and oxygen atoms in total. The number of halogens is 3. The maximum Gasteiger partial charge on any atom is 0.277 e. The first-order chi connectivity index (χ1) is 12.4. The van der Waals surface area contributed by atoms with Crippen molar-refractivity contribution in [1.82, 2.24) is 9.97 Å². The summed E-state index contributed by atoms with van der Waals surface area (Å²) in [6.45, 7) is 1.93. The van der Waals surface area contributed by atoms with Crippen molar-refractivity contribution in [2.45, 2.75) is 6.92 Å². The van der Waals surface area contributed by atoms with Crippen LogP contribution in [0.5, 0.6) is 5.75 Å². The Morgan fingerprint density at radius 3 is 2.50 bits per heavy atom. The quantitative estimate of drug-likeness (QED) is 0.576. The Morgan fingerprint density at radius 2 is 1.85 bits per heavy atom. The second-order valence-corrected chi connectivity index (χ2v) is 7.56. The third-order valence-electron chi connectivity index (χ3n) is 3.51. The average Bonchev–Trinajstić information content (AvgIpc) is 3.00. The number of amides is 1. The lowest BCUT2D eigenvalue weighted by Gasteiger charge is -2.05. The summed E-state index contributed by atoms with van der Waals surface area (Å²) < 4.78 is 5.16. The fraction of sp³-hybridized carbons (Fsp3) is 0.118. The fourth-order valence-corrected chi connectivity index (χ4v) is 3.62. The minimum Gasteiger partial charge on any atom is -0.497 e. The molecule has 0 aliphatic carbocycles. The standard InChI is InChI=1S/C17H12Cl3N3O2S/c1-8-14(9-3-5-10(25-2)6-4-9)22-17(26-8)23-16(24)15-13(20)12(19)11(18)7-21-15/h3-7H,1-2H3,(H,22,23,24). The molecule has 0 bridgehead atoms. The summed E-state index contributed by atoms with van der Waals surface area (Å²) in [5.41, 5.74) is 1.69. The molecule has 3 aromatic rings. The van der Waals surface area contributed by atoms with Gasteiger partial charge in [0.25, 0.3) is 5.91 Å². The molecule has 3 rings (SSSR count). The smallest absolute Gasteiger partial charge is 0.277 e. The monoisotopic (exact) mass is 427 g/mol. The summed E-state index contributed by atoms with van der Waals surface area (Å²) in [6, 6.07) is 7.52. The third-order valence-corrected chi connectivity index (χ3v) is 5.64. The zero-order chi connectivity index (χ0) is 18.8. The van der Waals surface area contributed by atoms with E-state index in [2.05, 4.69) is 15.3 Å². The van der Waals surface area contributed by atoms with Gasteiger partial charge in [0.2, 0.25) is 0 Å². The number of nitrogens with one attached hydrogen (secondary N) is 1. The van der Waals surface area contributed by atoms with E-state index in [9.17, 15) is 4.79 Å². The van der Waals surface area contributed by atoms with Crippen molar-refractivity contribution in [2.75, 3.05) is 12.4 Å². The van der Waals surface area contributed by atoms with E-state index in [1.807, 2.05) is 31.2 Å². The average molecular weight is 429 g/mol. The van der Waals surface area contributed by atoms with E-state index in [0.717, 1.165) is 21.9 Å². The van der Waals surface area contributed by atoms with Gasteiger partial charge >= 0.3 is 0 Å². The molecule has 1 N–H and O–H groups in total. The number of methoxy groups -OCH3 is 1. The number of thiazole rings is 1.